The van der Waals surface area contributed by atoms with Crippen molar-refractivity contribution in [1.29, 1.82) is 0 Å². The Bertz CT molecular complexity index is 3010. The van der Waals surface area contributed by atoms with Gasteiger partial charge >= 0.3 is 0 Å². The standard InChI is InChI=1S/C58H45N5/c1-39-40(2)54(60-55(44-21-9-4-10-22-44)59-53(39)42-19-7-3-8-20-42)43-35-33-41(34-36-43)47-27-17-28-48(37-47)51-31-15-16-32-52(51)49-29-18-30-50(38-49)58-62-56(45-23-11-5-12-24-45)61-57(63-58)46-25-13-6-14-26-46/h3-40,54H,1-2H3/t39-,40+,54?/m0/s1. The summed E-state index contributed by atoms with van der Waals surface area (Å²) in [5, 5.41) is 0. The zero-order chi connectivity index (χ0) is 42.5. The summed E-state index contributed by atoms with van der Waals surface area (Å²) in [6, 6.07) is 76.0. The van der Waals surface area contributed by atoms with Crippen molar-refractivity contribution in [3.05, 3.63) is 235 Å². The second kappa shape index (κ2) is 17.6. The molecule has 1 aliphatic heterocycles. The molecule has 1 unspecified atom stereocenters. The lowest BCUT2D eigenvalue weighted by Gasteiger charge is -2.26. The maximum atomic E-state index is 5.40. The van der Waals surface area contributed by atoms with Crippen LogP contribution in [0.25, 0.3) is 67.5 Å². The van der Waals surface area contributed by atoms with Crippen molar-refractivity contribution in [1.82, 2.24) is 15.0 Å². The third-order valence-electron chi connectivity index (χ3n) is 12.1. The Morgan fingerprint density at radius 2 is 0.746 bits per heavy atom. The van der Waals surface area contributed by atoms with Gasteiger partial charge in [0.15, 0.2) is 23.3 Å². The van der Waals surface area contributed by atoms with Crippen LogP contribution in [0.5, 0.6) is 0 Å². The minimum absolute atomic E-state index is 0.0596. The van der Waals surface area contributed by atoms with E-state index in [9.17, 15) is 0 Å². The van der Waals surface area contributed by atoms with Gasteiger partial charge in [0.05, 0.1) is 11.8 Å². The van der Waals surface area contributed by atoms with Crippen LogP contribution >= 0.6 is 0 Å². The topological polar surface area (TPSA) is 63.4 Å². The number of aliphatic imine (C=N–C) groups is 2. The van der Waals surface area contributed by atoms with Crippen LogP contribution in [0, 0.1) is 11.8 Å². The lowest BCUT2D eigenvalue weighted by molar-refractivity contribution is 0.406. The van der Waals surface area contributed by atoms with E-state index in [0.29, 0.717) is 17.5 Å². The number of amidine groups is 1. The highest BCUT2D eigenvalue weighted by Crippen LogP contribution is 2.39. The summed E-state index contributed by atoms with van der Waals surface area (Å²) in [4.78, 5) is 25.6. The highest BCUT2D eigenvalue weighted by atomic mass is 15.0. The molecule has 63 heavy (non-hydrogen) atoms. The first-order valence-electron chi connectivity index (χ1n) is 21.6. The van der Waals surface area contributed by atoms with Gasteiger partial charge in [-0.2, -0.15) is 0 Å². The minimum Gasteiger partial charge on any atom is -0.258 e. The number of hydrogen-bond acceptors (Lipinski definition) is 5. The normalized spacial score (nSPS) is 16.1. The lowest BCUT2D eigenvalue weighted by atomic mass is 9.81. The molecule has 0 aliphatic carbocycles. The fourth-order valence-corrected chi connectivity index (χ4v) is 8.55. The zero-order valence-electron chi connectivity index (χ0n) is 35.3. The first kappa shape index (κ1) is 39.3. The minimum atomic E-state index is -0.0596. The molecule has 0 saturated heterocycles. The number of aromatic nitrogens is 3. The monoisotopic (exact) mass is 811 g/mol. The van der Waals surface area contributed by atoms with Gasteiger partial charge in [-0.25, -0.2) is 19.9 Å². The van der Waals surface area contributed by atoms with Crippen LogP contribution in [0.3, 0.4) is 0 Å². The predicted molar refractivity (Wildman–Crippen MR) is 259 cm³/mol. The molecule has 2 heterocycles. The van der Waals surface area contributed by atoms with Crippen molar-refractivity contribution >= 4 is 11.5 Å². The van der Waals surface area contributed by atoms with E-state index >= 15 is 0 Å². The zero-order valence-corrected chi connectivity index (χ0v) is 35.3. The number of nitrogens with zero attached hydrogens (tertiary/aromatic N) is 5. The summed E-state index contributed by atoms with van der Waals surface area (Å²) in [5.74, 6) is 3.10. The fraction of sp³-hybridized carbons (Fsp3) is 0.0862. The Morgan fingerprint density at radius 3 is 1.29 bits per heavy atom. The maximum absolute atomic E-state index is 5.40. The average Bonchev–Trinajstić information content (AvgIpc) is 3.50. The largest absolute Gasteiger partial charge is 0.258 e. The molecule has 0 bridgehead atoms. The van der Waals surface area contributed by atoms with Crippen LogP contribution < -0.4 is 0 Å². The van der Waals surface area contributed by atoms with E-state index in [4.69, 9.17) is 24.9 Å². The molecule has 0 fully saturated rings. The van der Waals surface area contributed by atoms with Crippen molar-refractivity contribution in [3.63, 3.8) is 0 Å². The van der Waals surface area contributed by atoms with E-state index in [-0.39, 0.29) is 17.9 Å². The Hall–Kier alpha value is -7.89. The molecule has 0 radical (unpaired) electrons. The molecule has 0 spiro atoms. The molecule has 5 nitrogen and oxygen atoms in total. The molecule has 0 saturated carbocycles. The average molecular weight is 812 g/mol. The van der Waals surface area contributed by atoms with Crippen molar-refractivity contribution in [3.8, 4) is 67.5 Å². The van der Waals surface area contributed by atoms with Crippen LogP contribution in [0.2, 0.25) is 0 Å². The highest BCUT2D eigenvalue weighted by Gasteiger charge is 2.31. The van der Waals surface area contributed by atoms with Gasteiger partial charge in [0.1, 0.15) is 0 Å². The molecular weight excluding hydrogens is 767 g/mol. The van der Waals surface area contributed by atoms with Gasteiger partial charge in [-0.05, 0) is 62.6 Å². The van der Waals surface area contributed by atoms with Crippen molar-refractivity contribution in [2.75, 3.05) is 0 Å². The Kier molecular flexibility index (Phi) is 11.0. The maximum Gasteiger partial charge on any atom is 0.164 e. The van der Waals surface area contributed by atoms with Gasteiger partial charge in [0.25, 0.3) is 0 Å². The van der Waals surface area contributed by atoms with Gasteiger partial charge in [0.2, 0.25) is 0 Å². The van der Waals surface area contributed by atoms with Crippen molar-refractivity contribution in [2.45, 2.75) is 19.9 Å². The van der Waals surface area contributed by atoms with Crippen LogP contribution in [-0.4, -0.2) is 26.5 Å². The van der Waals surface area contributed by atoms with E-state index < -0.39 is 0 Å². The van der Waals surface area contributed by atoms with E-state index in [0.717, 1.165) is 72.7 Å². The van der Waals surface area contributed by atoms with Gasteiger partial charge in [-0.3, -0.25) is 4.99 Å². The number of hydrogen-bond donors (Lipinski definition) is 0. The second-order valence-electron chi connectivity index (χ2n) is 16.1. The van der Waals surface area contributed by atoms with Crippen LogP contribution in [0.15, 0.2) is 228 Å². The fourth-order valence-electron chi connectivity index (χ4n) is 8.55. The molecule has 10 rings (SSSR count). The van der Waals surface area contributed by atoms with Crippen molar-refractivity contribution < 1.29 is 0 Å². The summed E-state index contributed by atoms with van der Waals surface area (Å²) in [6.45, 7) is 4.60. The third kappa shape index (κ3) is 8.29. The predicted octanol–water partition coefficient (Wildman–Crippen LogP) is 14.1. The Balaban J connectivity index is 0.965. The van der Waals surface area contributed by atoms with Gasteiger partial charge in [-0.15, -0.1) is 0 Å². The summed E-state index contributed by atoms with van der Waals surface area (Å²) in [5.41, 5.74) is 14.1. The summed E-state index contributed by atoms with van der Waals surface area (Å²) in [6.07, 6.45) is 0. The Labute approximate surface area is 369 Å². The Morgan fingerprint density at radius 1 is 0.333 bits per heavy atom. The molecule has 3 atom stereocenters. The second-order valence-corrected chi connectivity index (χ2v) is 16.1. The van der Waals surface area contributed by atoms with Crippen LogP contribution in [0.4, 0.5) is 0 Å². The number of benzene rings is 8. The summed E-state index contributed by atoms with van der Waals surface area (Å²) in [7, 11) is 0. The number of rotatable bonds is 9. The van der Waals surface area contributed by atoms with Gasteiger partial charge < -0.3 is 0 Å². The molecular formula is C58H45N5. The first-order chi connectivity index (χ1) is 31.1. The van der Waals surface area contributed by atoms with E-state index in [2.05, 4.69) is 166 Å². The van der Waals surface area contributed by atoms with Gasteiger partial charge in [-0.1, -0.05) is 220 Å². The van der Waals surface area contributed by atoms with E-state index in [1.807, 2.05) is 66.7 Å². The molecule has 1 aromatic heterocycles. The van der Waals surface area contributed by atoms with E-state index in [1.54, 1.807) is 0 Å². The van der Waals surface area contributed by atoms with Crippen molar-refractivity contribution in [2.24, 2.45) is 21.8 Å². The molecule has 0 N–H and O–H groups in total. The third-order valence-corrected chi connectivity index (χ3v) is 12.1. The van der Waals surface area contributed by atoms with E-state index in [1.165, 1.54) is 5.56 Å². The molecule has 5 heteroatoms. The molecule has 1 aliphatic rings. The van der Waals surface area contributed by atoms with Gasteiger partial charge in [0, 0.05) is 28.2 Å². The lowest BCUT2D eigenvalue weighted by Crippen LogP contribution is -2.23. The quantitative estimate of drug-likeness (QED) is 0.146. The van der Waals surface area contributed by atoms with Crippen LogP contribution in [-0.2, 0) is 0 Å². The molecule has 302 valence electrons. The summed E-state index contributed by atoms with van der Waals surface area (Å²) < 4.78 is 0. The summed E-state index contributed by atoms with van der Waals surface area (Å²) >= 11 is 0. The smallest absolute Gasteiger partial charge is 0.164 e. The molecule has 8 aromatic carbocycles. The SMILES string of the molecule is C[C@@H]1C(c2ccccc2)=NC(c2ccccc2)=NC(c2ccc(-c3cccc(-c4ccccc4-c4cccc(-c5nc(-c6ccccc6)nc(-c6ccccc6)n5)c4)c3)cc2)[C@@H]1C. The molecule has 0 amide bonds. The highest BCUT2D eigenvalue weighted by molar-refractivity contribution is 6.13. The molecule has 9 aromatic rings. The van der Waals surface area contributed by atoms with Crippen LogP contribution in [0.1, 0.15) is 36.6 Å². The first-order valence-corrected chi connectivity index (χ1v) is 21.6.